The molecule has 26 nitrogen and oxygen atoms in total. The maximum absolute atomic E-state index is 15.1. The summed E-state index contributed by atoms with van der Waals surface area (Å²) in [5.74, 6) is -9.69. The Morgan fingerprint density at radius 2 is 1.03 bits per heavy atom. The average Bonchev–Trinajstić information content (AvgIpc) is 3.38. The first kappa shape index (κ1) is 81.4. The third-order valence-corrected chi connectivity index (χ3v) is 16.4. The summed E-state index contributed by atoms with van der Waals surface area (Å²) in [6.45, 7) is 29.1. The number of hydrogen-bond donors (Lipinski definition) is 6. The molecule has 90 heavy (non-hydrogen) atoms. The molecule has 11 atom stereocenters. The number of carbonyl (C=O) groups excluding carboxylic acids is 12. The Balaban J connectivity index is 4.13. The van der Waals surface area contributed by atoms with Crippen LogP contribution in [0.5, 0.6) is 0 Å². The molecule has 1 aliphatic rings. The lowest BCUT2D eigenvalue weighted by atomic mass is 9.90. The van der Waals surface area contributed by atoms with E-state index in [1.54, 1.807) is 62.3 Å². The van der Waals surface area contributed by atoms with Gasteiger partial charge in [-0.3, -0.25) is 52.8 Å². The summed E-state index contributed by atoms with van der Waals surface area (Å²) in [5.41, 5.74) is -0.650. The van der Waals surface area contributed by atoms with E-state index >= 15 is 4.79 Å². The standard InChI is InChI=1S/C64H116N12O14/c1-25-44-58(84)70(18)35-48(77)71(19)45(32-36(2)3)55(81)69-49(39(8)9)60(86)72(20)46(33-37(4)5)54(80)66-42(13)53(79)67-43(14)57(83)73(21)47(34-38(6)7)59(85)76(24)63(89)75(23)50(40(10)11)61(87)74(22)51(56(82)68-44)52(78)41(12)30-28-26-27-29-31-65-62(88)90-64(15,16)17/h36-47,49-52,78H,25-35H2,1-24H3,(H,65,88)(H,66,80)(H,67,79)(H,68,82)(H,69,81)/t41-,42-,43+,44+,45+,46-,47-,49-,50+,51?,52-/m1/s1. The smallest absolute Gasteiger partial charge is 0.407 e. The number of imide groups is 1. The maximum atomic E-state index is 15.1. The van der Waals surface area contributed by atoms with Crippen LogP contribution in [0, 0.1) is 35.5 Å². The first-order chi connectivity index (χ1) is 41.4. The van der Waals surface area contributed by atoms with Crippen molar-refractivity contribution in [2.24, 2.45) is 35.5 Å². The van der Waals surface area contributed by atoms with Crippen LogP contribution in [0.4, 0.5) is 9.59 Å². The fourth-order valence-corrected chi connectivity index (χ4v) is 10.9. The van der Waals surface area contributed by atoms with Gasteiger partial charge in [0.2, 0.25) is 53.2 Å². The molecule has 1 unspecified atom stereocenters. The van der Waals surface area contributed by atoms with Gasteiger partial charge in [-0.2, -0.15) is 0 Å². The number of nitrogens with zero attached hydrogens (tertiary/aromatic N) is 7. The Morgan fingerprint density at radius 1 is 0.544 bits per heavy atom. The largest absolute Gasteiger partial charge is 0.444 e. The van der Waals surface area contributed by atoms with Crippen molar-refractivity contribution in [3.63, 3.8) is 0 Å². The molecule has 0 saturated carbocycles. The van der Waals surface area contributed by atoms with Crippen molar-refractivity contribution in [1.82, 2.24) is 60.9 Å². The zero-order valence-corrected chi connectivity index (χ0v) is 58.9. The van der Waals surface area contributed by atoms with E-state index < -0.39 is 162 Å². The van der Waals surface area contributed by atoms with Crippen LogP contribution in [0.15, 0.2) is 0 Å². The van der Waals surface area contributed by atoms with Crippen molar-refractivity contribution < 1.29 is 67.4 Å². The van der Waals surface area contributed by atoms with E-state index in [0.29, 0.717) is 38.6 Å². The van der Waals surface area contributed by atoms with Crippen LogP contribution >= 0.6 is 0 Å². The summed E-state index contributed by atoms with van der Waals surface area (Å²) >= 11 is 0. The Bertz CT molecular complexity index is 2450. The van der Waals surface area contributed by atoms with Crippen molar-refractivity contribution in [2.75, 3.05) is 62.4 Å². The Labute approximate surface area is 537 Å². The number of alkyl carbamates (subject to hydrolysis) is 1. The number of unbranched alkanes of at least 4 members (excludes halogenated alkanes) is 3. The third kappa shape index (κ3) is 24.6. The summed E-state index contributed by atoms with van der Waals surface area (Å²) in [6.07, 6.45) is 1.29. The molecular formula is C64H116N12O14. The summed E-state index contributed by atoms with van der Waals surface area (Å²) in [7, 11) is 9.38. The zero-order chi connectivity index (χ0) is 69.7. The van der Waals surface area contributed by atoms with Crippen LogP contribution in [0.2, 0.25) is 0 Å². The molecule has 1 heterocycles. The number of carbonyl (C=O) groups is 12. The van der Waals surface area contributed by atoms with Crippen LogP contribution in [0.3, 0.4) is 0 Å². The van der Waals surface area contributed by atoms with Gasteiger partial charge in [-0.05, 0) is 109 Å². The molecule has 1 aliphatic heterocycles. The minimum atomic E-state index is -1.67. The minimum Gasteiger partial charge on any atom is -0.444 e. The monoisotopic (exact) mass is 1280 g/mol. The van der Waals surface area contributed by atoms with Gasteiger partial charge in [0, 0.05) is 55.9 Å². The fourth-order valence-electron chi connectivity index (χ4n) is 10.9. The van der Waals surface area contributed by atoms with E-state index in [-0.39, 0.29) is 43.4 Å². The van der Waals surface area contributed by atoms with Gasteiger partial charge in [0.15, 0.2) is 0 Å². The molecular weight excluding hydrogens is 1160 g/mol. The molecule has 1 fully saturated rings. The first-order valence-electron chi connectivity index (χ1n) is 32.2. The van der Waals surface area contributed by atoms with Crippen molar-refractivity contribution in [3.05, 3.63) is 0 Å². The van der Waals surface area contributed by atoms with Gasteiger partial charge in [0.25, 0.3) is 5.91 Å². The number of aliphatic hydroxyl groups excluding tert-OH is 1. The van der Waals surface area contributed by atoms with Crippen LogP contribution in [0.1, 0.15) is 175 Å². The Hall–Kier alpha value is -6.60. The number of urea groups is 1. The molecule has 0 aromatic heterocycles. The first-order valence-corrected chi connectivity index (χ1v) is 32.2. The number of hydrogen-bond acceptors (Lipinski definition) is 14. The van der Waals surface area contributed by atoms with Gasteiger partial charge < -0.3 is 65.8 Å². The van der Waals surface area contributed by atoms with Crippen LogP contribution in [0.25, 0.3) is 0 Å². The average molecular weight is 1280 g/mol. The number of ether oxygens (including phenoxy) is 1. The molecule has 0 aromatic carbocycles. The Morgan fingerprint density at radius 3 is 1.53 bits per heavy atom. The van der Waals surface area contributed by atoms with Crippen molar-refractivity contribution in [3.8, 4) is 0 Å². The molecule has 516 valence electrons. The number of rotatable bonds is 18. The summed E-state index contributed by atoms with van der Waals surface area (Å²) < 4.78 is 5.31. The zero-order valence-electron chi connectivity index (χ0n) is 58.9. The second-order valence-corrected chi connectivity index (χ2v) is 27.7. The van der Waals surface area contributed by atoms with E-state index in [2.05, 4.69) is 26.6 Å². The predicted molar refractivity (Wildman–Crippen MR) is 343 cm³/mol. The van der Waals surface area contributed by atoms with Crippen molar-refractivity contribution in [1.29, 1.82) is 0 Å². The number of amides is 13. The van der Waals surface area contributed by atoms with Crippen molar-refractivity contribution in [2.45, 2.75) is 242 Å². The van der Waals surface area contributed by atoms with Gasteiger partial charge in [-0.1, -0.05) is 102 Å². The molecule has 0 bridgehead atoms. The number of likely N-dealkylation sites (N-methyl/N-ethyl adjacent to an activating group) is 7. The highest BCUT2D eigenvalue weighted by atomic mass is 16.6. The maximum Gasteiger partial charge on any atom is 0.407 e. The SMILES string of the molecule is CC[C@@H]1NC(=O)C([C@H](O)[C@H](C)CCCCCCNC(=O)OC(C)(C)C)N(C)C(=O)[C@H](C(C)C)N(C)C(=O)N(C)C(=O)[C@@H](CC(C)C)N(C)C(=O)[C@H](C)NC(=O)[C@@H](C)NC(=O)[C@@H](CC(C)C)N(C)C(=O)[C@@H](C(C)C)NC(=O)[C@H](CC(C)C)N(C)C(=O)CN(C)C1=O. The predicted octanol–water partition coefficient (Wildman–Crippen LogP) is 3.96. The highest BCUT2D eigenvalue weighted by Crippen LogP contribution is 2.25. The lowest BCUT2D eigenvalue weighted by molar-refractivity contribution is -0.150. The number of aliphatic hydroxyl groups is 1. The molecule has 0 spiro atoms. The molecule has 6 N–H and O–H groups in total. The molecule has 13 amide bonds. The van der Waals surface area contributed by atoms with E-state index in [0.717, 1.165) is 24.5 Å². The van der Waals surface area contributed by atoms with E-state index in [4.69, 9.17) is 4.74 Å². The van der Waals surface area contributed by atoms with Gasteiger partial charge in [-0.15, -0.1) is 0 Å². The normalized spacial score (nSPS) is 25.0. The highest BCUT2D eigenvalue weighted by molar-refractivity contribution is 6.02. The number of nitrogens with one attached hydrogen (secondary N) is 5. The van der Waals surface area contributed by atoms with Crippen molar-refractivity contribution >= 4 is 71.2 Å². The van der Waals surface area contributed by atoms with Gasteiger partial charge in [0.05, 0.1) is 12.6 Å². The second kappa shape index (κ2) is 37.0. The molecule has 26 heteroatoms. The molecule has 0 aliphatic carbocycles. The van der Waals surface area contributed by atoms with Crippen LogP contribution in [-0.4, -0.2) is 239 Å². The summed E-state index contributed by atoms with van der Waals surface area (Å²) in [4.78, 5) is 179. The summed E-state index contributed by atoms with van der Waals surface area (Å²) in [5, 5.41) is 25.9. The van der Waals surface area contributed by atoms with Crippen LogP contribution < -0.4 is 26.6 Å². The molecule has 0 aromatic rings. The molecule has 1 rings (SSSR count). The van der Waals surface area contributed by atoms with Gasteiger partial charge in [0.1, 0.15) is 60.0 Å². The quantitative estimate of drug-likeness (QED) is 0.106. The molecule has 1 saturated heterocycles. The van der Waals surface area contributed by atoms with E-state index in [1.165, 1.54) is 73.0 Å². The highest BCUT2D eigenvalue weighted by Gasteiger charge is 2.45. The van der Waals surface area contributed by atoms with Gasteiger partial charge in [-0.25, -0.2) is 9.59 Å². The fraction of sp³-hybridized carbons (Fsp3) is 0.812. The second-order valence-electron chi connectivity index (χ2n) is 27.7. The lowest BCUT2D eigenvalue weighted by Gasteiger charge is -2.40. The van der Waals surface area contributed by atoms with E-state index in [9.17, 15) is 57.8 Å². The molecule has 0 radical (unpaired) electrons. The minimum absolute atomic E-state index is 0.00767. The lowest BCUT2D eigenvalue weighted by Crippen LogP contribution is -2.63. The summed E-state index contributed by atoms with van der Waals surface area (Å²) in [6, 6.07) is -12.6. The van der Waals surface area contributed by atoms with Crippen LogP contribution in [-0.2, 0) is 52.7 Å². The topological polar surface area (TPSA) is 317 Å². The van der Waals surface area contributed by atoms with E-state index in [1.807, 2.05) is 41.5 Å². The van der Waals surface area contributed by atoms with Gasteiger partial charge >= 0.3 is 12.1 Å². The third-order valence-electron chi connectivity index (χ3n) is 16.4. The Kier molecular flexibility index (Phi) is 33.5.